The van der Waals surface area contributed by atoms with Crippen LogP contribution in [0.5, 0.6) is 5.75 Å². The van der Waals surface area contributed by atoms with E-state index in [-0.39, 0.29) is 30.3 Å². The molecule has 0 spiro atoms. The first kappa shape index (κ1) is 19.9. The first-order valence-electron chi connectivity index (χ1n) is 8.33. The Bertz CT molecular complexity index is 436. The lowest BCUT2D eigenvalue weighted by atomic mass is 9.87. The summed E-state index contributed by atoms with van der Waals surface area (Å²) >= 11 is 0. The molecule has 0 amide bonds. The van der Waals surface area contributed by atoms with E-state index in [1.165, 1.54) is 5.56 Å². The molecular formula is C19H32O4. The van der Waals surface area contributed by atoms with Crippen LogP contribution < -0.4 is 4.74 Å². The summed E-state index contributed by atoms with van der Waals surface area (Å²) in [5.41, 5.74) is 1.44. The molecule has 0 radical (unpaired) electrons. The lowest BCUT2D eigenvalue weighted by Crippen LogP contribution is -2.27. The van der Waals surface area contributed by atoms with Crippen molar-refractivity contribution in [1.82, 2.24) is 0 Å². The number of hydrogen-bond acceptors (Lipinski definition) is 4. The van der Waals surface area contributed by atoms with E-state index in [1.54, 1.807) is 0 Å². The summed E-state index contributed by atoms with van der Waals surface area (Å²) in [5, 5.41) is 8.91. The van der Waals surface area contributed by atoms with Crippen molar-refractivity contribution in [3.8, 4) is 5.75 Å². The van der Waals surface area contributed by atoms with Gasteiger partial charge in [-0.05, 0) is 43.9 Å². The van der Waals surface area contributed by atoms with Gasteiger partial charge >= 0.3 is 0 Å². The standard InChI is InChI=1S/C19H32O4/c1-14(11-20)21-12-15(2)22-13-16(3)23-18-9-7-17(8-10-18)19(4,5)6/h7-10,14-16,20H,11-13H2,1-6H3. The highest BCUT2D eigenvalue weighted by atomic mass is 16.6. The third-order valence-corrected chi connectivity index (χ3v) is 3.55. The summed E-state index contributed by atoms with van der Waals surface area (Å²) in [4.78, 5) is 0. The van der Waals surface area contributed by atoms with Crippen molar-refractivity contribution in [2.75, 3.05) is 19.8 Å². The number of aliphatic hydroxyl groups is 1. The Kier molecular flexibility index (Phi) is 8.03. The van der Waals surface area contributed by atoms with Crippen LogP contribution in [0, 0.1) is 0 Å². The number of benzene rings is 1. The van der Waals surface area contributed by atoms with Crippen LogP contribution in [0.3, 0.4) is 0 Å². The zero-order valence-electron chi connectivity index (χ0n) is 15.3. The number of hydrogen-bond donors (Lipinski definition) is 1. The van der Waals surface area contributed by atoms with Crippen LogP contribution in [0.15, 0.2) is 24.3 Å². The molecule has 0 aromatic heterocycles. The quantitative estimate of drug-likeness (QED) is 0.754. The zero-order valence-corrected chi connectivity index (χ0v) is 15.3. The smallest absolute Gasteiger partial charge is 0.119 e. The summed E-state index contributed by atoms with van der Waals surface area (Å²) in [5.74, 6) is 0.854. The van der Waals surface area contributed by atoms with Gasteiger partial charge in [0.25, 0.3) is 0 Å². The lowest BCUT2D eigenvalue weighted by Gasteiger charge is -2.21. The minimum atomic E-state index is -0.156. The van der Waals surface area contributed by atoms with E-state index in [0.717, 1.165) is 5.75 Å². The molecular weight excluding hydrogens is 292 g/mol. The normalized spacial score (nSPS) is 16.0. The van der Waals surface area contributed by atoms with Gasteiger partial charge in [-0.25, -0.2) is 0 Å². The Morgan fingerprint density at radius 1 is 0.870 bits per heavy atom. The van der Waals surface area contributed by atoms with Crippen molar-refractivity contribution in [3.05, 3.63) is 29.8 Å². The molecule has 1 N–H and O–H groups in total. The van der Waals surface area contributed by atoms with E-state index in [1.807, 2.05) is 32.9 Å². The van der Waals surface area contributed by atoms with Gasteiger partial charge in [0.05, 0.1) is 32.0 Å². The van der Waals surface area contributed by atoms with Gasteiger partial charge in [0, 0.05) is 0 Å². The fourth-order valence-electron chi connectivity index (χ4n) is 2.00. The minimum Gasteiger partial charge on any atom is -0.488 e. The van der Waals surface area contributed by atoms with Crippen LogP contribution >= 0.6 is 0 Å². The maximum absolute atomic E-state index is 8.91. The van der Waals surface area contributed by atoms with Crippen LogP contribution in [0.25, 0.3) is 0 Å². The zero-order chi connectivity index (χ0) is 17.5. The van der Waals surface area contributed by atoms with Crippen molar-refractivity contribution >= 4 is 0 Å². The maximum Gasteiger partial charge on any atom is 0.119 e. The molecule has 0 aliphatic carbocycles. The molecule has 0 saturated carbocycles. The second kappa shape index (κ2) is 9.26. The highest BCUT2D eigenvalue weighted by molar-refractivity contribution is 5.31. The monoisotopic (exact) mass is 324 g/mol. The van der Waals surface area contributed by atoms with Gasteiger partial charge in [0.15, 0.2) is 0 Å². The molecule has 0 aliphatic heterocycles. The van der Waals surface area contributed by atoms with E-state index < -0.39 is 0 Å². The molecule has 0 fully saturated rings. The first-order valence-corrected chi connectivity index (χ1v) is 8.33. The summed E-state index contributed by atoms with van der Waals surface area (Å²) in [7, 11) is 0. The van der Waals surface area contributed by atoms with Gasteiger partial charge in [0.1, 0.15) is 11.9 Å². The van der Waals surface area contributed by atoms with Gasteiger partial charge in [-0.1, -0.05) is 32.9 Å². The third kappa shape index (κ3) is 7.82. The molecule has 1 aromatic rings. The van der Waals surface area contributed by atoms with Gasteiger partial charge in [-0.15, -0.1) is 0 Å². The van der Waals surface area contributed by atoms with Gasteiger partial charge in [-0.2, -0.15) is 0 Å². The van der Waals surface area contributed by atoms with E-state index in [9.17, 15) is 0 Å². The van der Waals surface area contributed by atoms with Crippen molar-refractivity contribution < 1.29 is 19.3 Å². The van der Waals surface area contributed by atoms with E-state index in [2.05, 4.69) is 32.9 Å². The second-order valence-corrected chi connectivity index (χ2v) is 7.17. The summed E-state index contributed by atoms with van der Waals surface area (Å²) < 4.78 is 17.0. The van der Waals surface area contributed by atoms with E-state index >= 15 is 0 Å². The third-order valence-electron chi connectivity index (χ3n) is 3.55. The molecule has 0 saturated heterocycles. The molecule has 23 heavy (non-hydrogen) atoms. The van der Waals surface area contributed by atoms with Gasteiger partial charge in [-0.3, -0.25) is 0 Å². The fourth-order valence-corrected chi connectivity index (χ4v) is 2.00. The SMILES string of the molecule is CC(CO)OCC(C)OCC(C)Oc1ccc(C(C)(C)C)cc1. The topological polar surface area (TPSA) is 47.9 Å². The van der Waals surface area contributed by atoms with Crippen LogP contribution in [-0.4, -0.2) is 43.2 Å². The van der Waals surface area contributed by atoms with E-state index in [4.69, 9.17) is 19.3 Å². The minimum absolute atomic E-state index is 0.0246. The average molecular weight is 324 g/mol. The van der Waals surface area contributed by atoms with Crippen LogP contribution in [-0.2, 0) is 14.9 Å². The maximum atomic E-state index is 8.91. The summed E-state index contributed by atoms with van der Waals surface area (Å²) in [6, 6.07) is 8.23. The number of ether oxygens (including phenoxy) is 3. The molecule has 1 rings (SSSR count). The molecule has 1 aromatic carbocycles. The van der Waals surface area contributed by atoms with Crippen LogP contribution in [0.2, 0.25) is 0 Å². The van der Waals surface area contributed by atoms with Crippen molar-refractivity contribution in [3.63, 3.8) is 0 Å². The van der Waals surface area contributed by atoms with E-state index in [0.29, 0.717) is 13.2 Å². The predicted octanol–water partition coefficient (Wildman–Crippen LogP) is 3.55. The van der Waals surface area contributed by atoms with Crippen molar-refractivity contribution in [2.24, 2.45) is 0 Å². The predicted molar refractivity (Wildman–Crippen MR) is 93.1 cm³/mol. The molecule has 132 valence electrons. The van der Waals surface area contributed by atoms with Gasteiger partial charge in [0.2, 0.25) is 0 Å². The Morgan fingerprint density at radius 3 is 1.91 bits per heavy atom. The summed E-state index contributed by atoms with van der Waals surface area (Å²) in [6.07, 6.45) is -0.220. The average Bonchev–Trinajstić information content (AvgIpc) is 2.50. The largest absolute Gasteiger partial charge is 0.488 e. The van der Waals surface area contributed by atoms with Crippen molar-refractivity contribution in [2.45, 2.75) is 65.3 Å². The Morgan fingerprint density at radius 2 is 1.39 bits per heavy atom. The highest BCUT2D eigenvalue weighted by Gasteiger charge is 2.14. The Balaban J connectivity index is 2.34. The van der Waals surface area contributed by atoms with Gasteiger partial charge < -0.3 is 19.3 Å². The number of aliphatic hydroxyl groups excluding tert-OH is 1. The van der Waals surface area contributed by atoms with Crippen molar-refractivity contribution in [1.29, 1.82) is 0 Å². The molecule has 3 unspecified atom stereocenters. The number of rotatable bonds is 9. The first-order chi connectivity index (χ1) is 10.7. The molecule has 4 heteroatoms. The molecule has 0 bridgehead atoms. The highest BCUT2D eigenvalue weighted by Crippen LogP contribution is 2.24. The van der Waals surface area contributed by atoms with Crippen LogP contribution in [0.4, 0.5) is 0 Å². The molecule has 0 heterocycles. The fraction of sp³-hybridized carbons (Fsp3) is 0.684. The lowest BCUT2D eigenvalue weighted by molar-refractivity contribution is -0.0590. The summed E-state index contributed by atoms with van der Waals surface area (Å²) in [6.45, 7) is 13.3. The Hall–Kier alpha value is -1.10. The Labute approximate surface area is 140 Å². The van der Waals surface area contributed by atoms with Crippen LogP contribution in [0.1, 0.15) is 47.1 Å². The molecule has 3 atom stereocenters. The molecule has 0 aliphatic rings. The molecule has 4 nitrogen and oxygen atoms in total. The second-order valence-electron chi connectivity index (χ2n) is 7.17.